The van der Waals surface area contributed by atoms with E-state index < -0.39 is 0 Å². The van der Waals surface area contributed by atoms with Crippen molar-refractivity contribution in [3.8, 4) is 0 Å². The van der Waals surface area contributed by atoms with Gasteiger partial charge in [-0.3, -0.25) is 10.7 Å². The maximum atomic E-state index is 8.94. The van der Waals surface area contributed by atoms with Crippen LogP contribution in [0.3, 0.4) is 0 Å². The molecular formula is C9H14N4O2. The van der Waals surface area contributed by atoms with E-state index in [2.05, 4.69) is 19.9 Å². The molecule has 0 aliphatic heterocycles. The van der Waals surface area contributed by atoms with Crippen molar-refractivity contribution in [2.24, 2.45) is 4.99 Å². The number of hydrogen-bond donors (Lipinski definition) is 2. The van der Waals surface area contributed by atoms with E-state index >= 15 is 0 Å². The molecule has 0 atom stereocenters. The summed E-state index contributed by atoms with van der Waals surface area (Å²) < 4.78 is 4.53. The van der Waals surface area contributed by atoms with E-state index in [0.29, 0.717) is 11.4 Å². The number of hydroxylamine groups is 1. The second-order valence-electron chi connectivity index (χ2n) is 2.90. The molecule has 6 heteroatoms. The Labute approximate surface area is 87.6 Å². The minimum Gasteiger partial charge on any atom is -0.290 e. The molecule has 1 aromatic rings. The van der Waals surface area contributed by atoms with Gasteiger partial charge in [0.2, 0.25) is 0 Å². The highest BCUT2D eigenvalue weighted by molar-refractivity contribution is 5.97. The molecule has 0 saturated heterocycles. The molecule has 2 N–H and O–H groups in total. The van der Waals surface area contributed by atoms with E-state index in [-0.39, 0.29) is 5.84 Å². The Morgan fingerprint density at radius 2 is 2.33 bits per heavy atom. The first-order valence-corrected chi connectivity index (χ1v) is 4.66. The van der Waals surface area contributed by atoms with Crippen molar-refractivity contribution in [3.05, 3.63) is 23.2 Å². The molecule has 0 aromatic carbocycles. The van der Waals surface area contributed by atoms with Gasteiger partial charge in [0, 0.05) is 5.70 Å². The fraction of sp³-hybridized carbons (Fsp3) is 0.444. The van der Waals surface area contributed by atoms with Gasteiger partial charge in [-0.1, -0.05) is 18.2 Å². The molecule has 1 heterocycles. The SMILES string of the molecule is C/C=C(\CC)N=C(NO)c1nonc1C. The Balaban J connectivity index is 3.04. The predicted octanol–water partition coefficient (Wildman–Crippen LogP) is 1.42. The third kappa shape index (κ3) is 2.63. The van der Waals surface area contributed by atoms with E-state index in [1.165, 1.54) is 0 Å². The molecule has 0 spiro atoms. The highest BCUT2D eigenvalue weighted by Crippen LogP contribution is 2.07. The molecule has 0 bridgehead atoms. The first-order chi connectivity index (χ1) is 7.22. The minimum atomic E-state index is 0.240. The Hall–Kier alpha value is -1.69. The summed E-state index contributed by atoms with van der Waals surface area (Å²) in [6.07, 6.45) is 2.63. The number of allylic oxidation sites excluding steroid dienone is 2. The highest BCUT2D eigenvalue weighted by atomic mass is 16.6. The van der Waals surface area contributed by atoms with E-state index in [9.17, 15) is 0 Å². The first-order valence-electron chi connectivity index (χ1n) is 4.66. The standard InChI is InChI=1S/C9H14N4O2/c1-4-7(5-2)10-9(11-14)8-6(3)12-15-13-8/h4,14H,5H2,1-3H3,(H,10,11)/b7-4+. The van der Waals surface area contributed by atoms with Crippen LogP contribution in [-0.4, -0.2) is 21.4 Å². The van der Waals surface area contributed by atoms with E-state index in [4.69, 9.17) is 5.21 Å². The van der Waals surface area contributed by atoms with Gasteiger partial charge in [0.05, 0.1) is 0 Å². The van der Waals surface area contributed by atoms with Gasteiger partial charge in [-0.25, -0.2) is 9.62 Å². The molecule has 0 amide bonds. The molecule has 0 fully saturated rings. The van der Waals surface area contributed by atoms with Gasteiger partial charge in [-0.05, 0) is 25.4 Å². The fourth-order valence-electron chi connectivity index (χ4n) is 1.07. The molecule has 0 aliphatic carbocycles. The van der Waals surface area contributed by atoms with Crippen LogP contribution in [0.25, 0.3) is 0 Å². The lowest BCUT2D eigenvalue weighted by molar-refractivity contribution is 0.233. The van der Waals surface area contributed by atoms with Gasteiger partial charge in [0.15, 0.2) is 11.5 Å². The smallest absolute Gasteiger partial charge is 0.181 e. The third-order valence-corrected chi connectivity index (χ3v) is 1.93. The van der Waals surface area contributed by atoms with Crippen molar-refractivity contribution in [2.75, 3.05) is 0 Å². The monoisotopic (exact) mass is 210 g/mol. The summed E-state index contributed by atoms with van der Waals surface area (Å²) in [5.74, 6) is 0.240. The van der Waals surface area contributed by atoms with Gasteiger partial charge in [0.1, 0.15) is 5.69 Å². The topological polar surface area (TPSA) is 83.5 Å². The largest absolute Gasteiger partial charge is 0.290 e. The van der Waals surface area contributed by atoms with E-state index in [0.717, 1.165) is 12.1 Å². The van der Waals surface area contributed by atoms with Gasteiger partial charge in [-0.15, -0.1) is 0 Å². The Morgan fingerprint density at radius 3 is 2.73 bits per heavy atom. The molecule has 0 unspecified atom stereocenters. The van der Waals surface area contributed by atoms with Crippen LogP contribution in [0.1, 0.15) is 31.7 Å². The number of amidine groups is 1. The van der Waals surface area contributed by atoms with Crippen LogP contribution in [0.15, 0.2) is 21.4 Å². The second-order valence-corrected chi connectivity index (χ2v) is 2.90. The van der Waals surface area contributed by atoms with Crippen molar-refractivity contribution >= 4 is 5.84 Å². The van der Waals surface area contributed by atoms with Crippen LogP contribution in [-0.2, 0) is 0 Å². The lowest BCUT2D eigenvalue weighted by atomic mass is 10.3. The molecule has 0 radical (unpaired) electrons. The third-order valence-electron chi connectivity index (χ3n) is 1.93. The van der Waals surface area contributed by atoms with Crippen LogP contribution in [0, 0.1) is 6.92 Å². The Kier molecular flexibility index (Phi) is 3.99. The van der Waals surface area contributed by atoms with Crippen molar-refractivity contribution < 1.29 is 9.84 Å². The molecule has 1 aromatic heterocycles. The summed E-state index contributed by atoms with van der Waals surface area (Å²) >= 11 is 0. The Bertz CT molecular complexity index is 381. The first kappa shape index (κ1) is 11.4. The lowest BCUT2D eigenvalue weighted by Crippen LogP contribution is -2.21. The van der Waals surface area contributed by atoms with Crippen LogP contribution in [0.4, 0.5) is 0 Å². The normalized spacial score (nSPS) is 13.1. The van der Waals surface area contributed by atoms with Gasteiger partial charge >= 0.3 is 0 Å². The summed E-state index contributed by atoms with van der Waals surface area (Å²) in [5.41, 5.74) is 3.81. The molecule has 82 valence electrons. The average molecular weight is 210 g/mol. The Morgan fingerprint density at radius 1 is 1.60 bits per heavy atom. The van der Waals surface area contributed by atoms with Gasteiger partial charge in [-0.2, -0.15) is 0 Å². The average Bonchev–Trinajstić information content (AvgIpc) is 2.67. The number of hydrogen-bond acceptors (Lipinski definition) is 5. The minimum absolute atomic E-state index is 0.240. The maximum absolute atomic E-state index is 8.94. The van der Waals surface area contributed by atoms with Gasteiger partial charge in [0.25, 0.3) is 0 Å². The van der Waals surface area contributed by atoms with Crippen molar-refractivity contribution in [3.63, 3.8) is 0 Å². The summed E-state index contributed by atoms with van der Waals surface area (Å²) in [6.45, 7) is 5.58. The molecule has 0 aliphatic rings. The second kappa shape index (κ2) is 5.26. The molecule has 0 saturated carbocycles. The number of aromatic nitrogens is 2. The number of rotatable bonds is 3. The zero-order valence-corrected chi connectivity index (χ0v) is 8.98. The van der Waals surface area contributed by atoms with E-state index in [1.54, 1.807) is 6.92 Å². The number of nitrogens with zero attached hydrogens (tertiary/aromatic N) is 3. The van der Waals surface area contributed by atoms with Crippen LogP contribution < -0.4 is 5.48 Å². The van der Waals surface area contributed by atoms with Gasteiger partial charge < -0.3 is 0 Å². The summed E-state index contributed by atoms with van der Waals surface area (Å²) in [6, 6.07) is 0. The molecule has 15 heavy (non-hydrogen) atoms. The molecule has 6 nitrogen and oxygen atoms in total. The zero-order chi connectivity index (χ0) is 11.3. The highest BCUT2D eigenvalue weighted by Gasteiger charge is 2.12. The zero-order valence-electron chi connectivity index (χ0n) is 8.98. The molecule has 1 rings (SSSR count). The fourth-order valence-corrected chi connectivity index (χ4v) is 1.07. The summed E-state index contributed by atoms with van der Waals surface area (Å²) in [5, 5.41) is 16.2. The van der Waals surface area contributed by atoms with Crippen molar-refractivity contribution in [2.45, 2.75) is 27.2 Å². The van der Waals surface area contributed by atoms with Crippen LogP contribution in [0.5, 0.6) is 0 Å². The number of nitrogens with one attached hydrogen (secondary N) is 1. The van der Waals surface area contributed by atoms with Crippen LogP contribution in [0.2, 0.25) is 0 Å². The van der Waals surface area contributed by atoms with Crippen molar-refractivity contribution in [1.82, 2.24) is 15.8 Å². The summed E-state index contributed by atoms with van der Waals surface area (Å²) in [7, 11) is 0. The van der Waals surface area contributed by atoms with Crippen LogP contribution >= 0.6 is 0 Å². The number of aryl methyl sites for hydroxylation is 1. The predicted molar refractivity (Wildman–Crippen MR) is 54.5 cm³/mol. The number of aliphatic imine (C=N–C) groups is 1. The van der Waals surface area contributed by atoms with Crippen molar-refractivity contribution in [1.29, 1.82) is 0 Å². The molecular weight excluding hydrogens is 196 g/mol. The van der Waals surface area contributed by atoms with E-state index in [1.807, 2.05) is 25.4 Å². The maximum Gasteiger partial charge on any atom is 0.181 e. The lowest BCUT2D eigenvalue weighted by Gasteiger charge is -2.02. The summed E-state index contributed by atoms with van der Waals surface area (Å²) in [4.78, 5) is 4.19. The quantitative estimate of drug-likeness (QED) is 0.447.